The van der Waals surface area contributed by atoms with E-state index in [1.807, 2.05) is 36.4 Å². The number of allylic oxidation sites excluding steroid dienone is 1. The van der Waals surface area contributed by atoms with Gasteiger partial charge in [0.15, 0.2) is 0 Å². The van der Waals surface area contributed by atoms with Crippen LogP contribution >= 0.6 is 0 Å². The van der Waals surface area contributed by atoms with Gasteiger partial charge in [0.05, 0.1) is 11.8 Å². The van der Waals surface area contributed by atoms with Gasteiger partial charge in [-0.25, -0.2) is 4.79 Å². The van der Waals surface area contributed by atoms with Gasteiger partial charge in [-0.3, -0.25) is 0 Å². The molecule has 0 amide bonds. The summed E-state index contributed by atoms with van der Waals surface area (Å²) in [7, 11) is 0. The van der Waals surface area contributed by atoms with Crippen LogP contribution in [-0.2, 0) is 17.6 Å². The number of ether oxygens (including phenoxy) is 1. The molecule has 0 heterocycles. The Morgan fingerprint density at radius 2 is 1.36 bits per heavy atom. The molecule has 2 nitrogen and oxygen atoms in total. The van der Waals surface area contributed by atoms with E-state index in [0.717, 1.165) is 12.8 Å². The maximum Gasteiger partial charge on any atom is 0.342 e. The first-order valence-corrected chi connectivity index (χ1v) is 8.34. The monoisotopic (exact) mass is 328 g/mol. The van der Waals surface area contributed by atoms with Gasteiger partial charge in [-0.05, 0) is 47.7 Å². The molecule has 0 N–H and O–H groups in total. The topological polar surface area (TPSA) is 26.3 Å². The lowest BCUT2D eigenvalue weighted by atomic mass is 9.98. The number of rotatable bonds is 6. The number of hydrogen-bond acceptors (Lipinski definition) is 2. The predicted octanol–water partition coefficient (Wildman–Crippen LogP) is 5.19. The highest BCUT2D eigenvalue weighted by atomic mass is 16.5. The second-order valence-corrected chi connectivity index (χ2v) is 5.78. The van der Waals surface area contributed by atoms with Gasteiger partial charge >= 0.3 is 5.97 Å². The molecular formula is C23H20O2. The van der Waals surface area contributed by atoms with Crippen molar-refractivity contribution in [1.29, 1.82) is 0 Å². The quantitative estimate of drug-likeness (QED) is 0.460. The molecule has 0 unspecified atom stereocenters. The average Bonchev–Trinajstić information content (AvgIpc) is 2.68. The highest BCUT2D eigenvalue weighted by Crippen LogP contribution is 2.15. The summed E-state index contributed by atoms with van der Waals surface area (Å²) < 4.78 is 5.19. The van der Waals surface area contributed by atoms with Crippen molar-refractivity contribution in [3.63, 3.8) is 0 Å². The molecule has 3 aromatic carbocycles. The number of carbonyl (C=O) groups is 1. The SMILES string of the molecule is O=C(OC=CCc1ccccc1Cc1ccccc1)c1ccccc1. The molecule has 0 aliphatic heterocycles. The van der Waals surface area contributed by atoms with Crippen molar-refractivity contribution in [2.24, 2.45) is 0 Å². The smallest absolute Gasteiger partial charge is 0.342 e. The molecule has 2 heteroatoms. The van der Waals surface area contributed by atoms with Crippen LogP contribution in [-0.4, -0.2) is 5.97 Å². The van der Waals surface area contributed by atoms with E-state index in [9.17, 15) is 4.79 Å². The highest BCUT2D eigenvalue weighted by Gasteiger charge is 2.04. The first-order valence-electron chi connectivity index (χ1n) is 8.34. The second-order valence-electron chi connectivity index (χ2n) is 5.78. The van der Waals surface area contributed by atoms with Gasteiger partial charge in [-0.15, -0.1) is 0 Å². The van der Waals surface area contributed by atoms with Crippen LogP contribution in [0.25, 0.3) is 0 Å². The van der Waals surface area contributed by atoms with E-state index in [0.29, 0.717) is 5.56 Å². The van der Waals surface area contributed by atoms with Crippen LogP contribution in [0.5, 0.6) is 0 Å². The third kappa shape index (κ3) is 4.92. The van der Waals surface area contributed by atoms with Gasteiger partial charge in [0, 0.05) is 0 Å². The van der Waals surface area contributed by atoms with Crippen molar-refractivity contribution in [3.8, 4) is 0 Å². The Morgan fingerprint density at radius 1 is 0.760 bits per heavy atom. The zero-order valence-corrected chi connectivity index (χ0v) is 14.0. The number of carbonyl (C=O) groups excluding carboxylic acids is 1. The van der Waals surface area contributed by atoms with Crippen LogP contribution in [0.2, 0.25) is 0 Å². The van der Waals surface area contributed by atoms with Crippen molar-refractivity contribution in [1.82, 2.24) is 0 Å². The Morgan fingerprint density at radius 3 is 2.08 bits per heavy atom. The fourth-order valence-corrected chi connectivity index (χ4v) is 2.67. The van der Waals surface area contributed by atoms with Crippen molar-refractivity contribution in [3.05, 3.63) is 120 Å². The number of esters is 1. The van der Waals surface area contributed by atoms with Crippen LogP contribution in [0.4, 0.5) is 0 Å². The summed E-state index contributed by atoms with van der Waals surface area (Å²) in [5, 5.41) is 0. The molecule has 0 aliphatic carbocycles. The van der Waals surface area contributed by atoms with Crippen LogP contribution in [0.3, 0.4) is 0 Å². The minimum Gasteiger partial charge on any atom is -0.431 e. The second kappa shape index (κ2) is 8.65. The van der Waals surface area contributed by atoms with Gasteiger partial charge in [0.25, 0.3) is 0 Å². The summed E-state index contributed by atoms with van der Waals surface area (Å²) in [6.45, 7) is 0. The maximum absolute atomic E-state index is 11.9. The van der Waals surface area contributed by atoms with E-state index in [1.165, 1.54) is 23.0 Å². The van der Waals surface area contributed by atoms with Gasteiger partial charge in [-0.2, -0.15) is 0 Å². The van der Waals surface area contributed by atoms with E-state index in [1.54, 1.807) is 12.1 Å². The summed E-state index contributed by atoms with van der Waals surface area (Å²) in [5.74, 6) is -0.338. The van der Waals surface area contributed by atoms with Crippen molar-refractivity contribution < 1.29 is 9.53 Å². The Labute approximate surface area is 148 Å². The van der Waals surface area contributed by atoms with E-state index in [-0.39, 0.29) is 5.97 Å². The third-order valence-corrected chi connectivity index (χ3v) is 3.97. The first-order chi connectivity index (χ1) is 12.3. The minimum atomic E-state index is -0.338. The van der Waals surface area contributed by atoms with E-state index >= 15 is 0 Å². The molecule has 0 bridgehead atoms. The molecule has 0 aromatic heterocycles. The molecule has 0 radical (unpaired) electrons. The lowest BCUT2D eigenvalue weighted by Crippen LogP contribution is -2.00. The van der Waals surface area contributed by atoms with Crippen LogP contribution < -0.4 is 0 Å². The minimum absolute atomic E-state index is 0.338. The molecule has 0 fully saturated rings. The largest absolute Gasteiger partial charge is 0.431 e. The van der Waals surface area contributed by atoms with E-state index in [4.69, 9.17) is 4.74 Å². The zero-order valence-electron chi connectivity index (χ0n) is 14.0. The summed E-state index contributed by atoms with van der Waals surface area (Å²) in [4.78, 5) is 11.9. The lowest BCUT2D eigenvalue weighted by molar-refractivity contribution is 0.0662. The molecule has 0 saturated heterocycles. The normalized spacial score (nSPS) is 10.7. The molecule has 3 aromatic rings. The first kappa shape index (κ1) is 16.7. The summed E-state index contributed by atoms with van der Waals surface area (Å²) in [6.07, 6.45) is 4.99. The van der Waals surface area contributed by atoms with E-state index in [2.05, 4.69) is 42.5 Å². The third-order valence-electron chi connectivity index (χ3n) is 3.97. The zero-order chi connectivity index (χ0) is 17.3. The van der Waals surface area contributed by atoms with Crippen LogP contribution in [0, 0.1) is 0 Å². The number of benzene rings is 3. The molecular weight excluding hydrogens is 308 g/mol. The fourth-order valence-electron chi connectivity index (χ4n) is 2.67. The number of hydrogen-bond donors (Lipinski definition) is 0. The van der Waals surface area contributed by atoms with Gasteiger partial charge in [-0.1, -0.05) is 72.8 Å². The van der Waals surface area contributed by atoms with Gasteiger partial charge < -0.3 is 4.74 Å². The maximum atomic E-state index is 11.9. The molecule has 0 spiro atoms. The molecule has 25 heavy (non-hydrogen) atoms. The summed E-state index contributed by atoms with van der Waals surface area (Å²) >= 11 is 0. The predicted molar refractivity (Wildman–Crippen MR) is 100 cm³/mol. The molecule has 0 aliphatic rings. The van der Waals surface area contributed by atoms with Crippen molar-refractivity contribution >= 4 is 5.97 Å². The van der Waals surface area contributed by atoms with Crippen molar-refractivity contribution in [2.45, 2.75) is 12.8 Å². The summed E-state index contributed by atoms with van der Waals surface area (Å²) in [5.41, 5.74) is 4.36. The molecule has 3 rings (SSSR count). The molecule has 0 atom stereocenters. The lowest BCUT2D eigenvalue weighted by Gasteiger charge is -2.08. The standard InChI is InChI=1S/C23H20O2/c24-23(21-13-5-2-6-14-21)25-17-9-16-20-12-7-8-15-22(20)18-19-10-3-1-4-11-19/h1-15,17H,16,18H2. The van der Waals surface area contributed by atoms with Gasteiger partial charge in [0.2, 0.25) is 0 Å². The molecule has 0 saturated carbocycles. The Kier molecular flexibility index (Phi) is 5.78. The highest BCUT2D eigenvalue weighted by molar-refractivity contribution is 5.89. The average molecular weight is 328 g/mol. The van der Waals surface area contributed by atoms with Crippen LogP contribution in [0.15, 0.2) is 97.3 Å². The molecule has 124 valence electrons. The van der Waals surface area contributed by atoms with Crippen molar-refractivity contribution in [2.75, 3.05) is 0 Å². The van der Waals surface area contributed by atoms with Gasteiger partial charge in [0.1, 0.15) is 0 Å². The van der Waals surface area contributed by atoms with E-state index < -0.39 is 0 Å². The fraction of sp³-hybridized carbons (Fsp3) is 0.0870. The Bertz CT molecular complexity index is 836. The van der Waals surface area contributed by atoms with Crippen LogP contribution in [0.1, 0.15) is 27.0 Å². The Balaban J connectivity index is 1.60. The summed E-state index contributed by atoms with van der Waals surface area (Å²) in [6, 6.07) is 27.7. The Hall–Kier alpha value is -3.13.